The average Bonchev–Trinajstić information content (AvgIpc) is 3.26. The Morgan fingerprint density at radius 3 is 2.55 bits per heavy atom. The number of amides is 1. The van der Waals surface area contributed by atoms with Gasteiger partial charge in [0.2, 0.25) is 5.91 Å². The molecule has 33 heavy (non-hydrogen) atoms. The topological polar surface area (TPSA) is 55.4 Å². The molecule has 0 radical (unpaired) electrons. The second-order valence-corrected chi connectivity index (χ2v) is 10.5. The molecule has 4 rings (SSSR count). The molecule has 0 unspecified atom stereocenters. The number of hydrogen-bond acceptors (Lipinski definition) is 4. The second-order valence-electron chi connectivity index (χ2n) is 9.61. The molecular weight excluding hydrogens is 430 g/mol. The summed E-state index contributed by atoms with van der Waals surface area (Å²) >= 11 is 1.43. The average molecular weight is 468 g/mol. The quantitative estimate of drug-likeness (QED) is 0.411. The van der Waals surface area contributed by atoms with Gasteiger partial charge in [-0.3, -0.25) is 4.79 Å². The summed E-state index contributed by atoms with van der Waals surface area (Å²) in [5, 5.41) is 5.73. The second kappa shape index (κ2) is 11.3. The number of carbonyl (C=O) groups excluding carboxylic acids is 2. The monoisotopic (exact) mass is 467 g/mol. The zero-order valence-electron chi connectivity index (χ0n) is 20.1. The van der Waals surface area contributed by atoms with E-state index in [1.165, 1.54) is 54.6 Å². The zero-order valence-corrected chi connectivity index (χ0v) is 20.9. The van der Waals surface area contributed by atoms with Gasteiger partial charge < -0.3 is 10.1 Å². The smallest absolute Gasteiger partial charge is 0.341 e. The maximum atomic E-state index is 13.1. The number of thiophene rings is 1. The lowest BCUT2D eigenvalue weighted by Gasteiger charge is -2.27. The third-order valence-electron chi connectivity index (χ3n) is 7.35. The fourth-order valence-electron chi connectivity index (χ4n) is 5.39. The fraction of sp³-hybridized carbons (Fsp3) is 0.571. The van der Waals surface area contributed by atoms with Crippen molar-refractivity contribution in [3.63, 3.8) is 0 Å². The maximum Gasteiger partial charge on any atom is 0.341 e. The molecule has 1 amide bonds. The van der Waals surface area contributed by atoms with E-state index in [9.17, 15) is 9.59 Å². The van der Waals surface area contributed by atoms with Gasteiger partial charge in [-0.05, 0) is 80.9 Å². The Balaban J connectivity index is 1.52. The molecule has 1 saturated carbocycles. The predicted molar refractivity (Wildman–Crippen MR) is 136 cm³/mol. The Labute approximate surface area is 202 Å². The van der Waals surface area contributed by atoms with E-state index in [2.05, 4.69) is 30.4 Å². The molecule has 0 aliphatic heterocycles. The summed E-state index contributed by atoms with van der Waals surface area (Å²) in [5.74, 6) is 0.493. The first kappa shape index (κ1) is 24.0. The van der Waals surface area contributed by atoms with Gasteiger partial charge in [0.25, 0.3) is 0 Å². The molecule has 1 aromatic heterocycles. The van der Waals surface area contributed by atoms with Crippen LogP contribution in [0.25, 0.3) is 11.1 Å². The van der Waals surface area contributed by atoms with E-state index in [1.807, 2.05) is 12.3 Å². The van der Waals surface area contributed by atoms with E-state index in [4.69, 9.17) is 4.74 Å². The van der Waals surface area contributed by atoms with Gasteiger partial charge in [-0.25, -0.2) is 4.79 Å². The number of rotatable bonds is 8. The Kier molecular flexibility index (Phi) is 8.24. The van der Waals surface area contributed by atoms with Crippen LogP contribution in [0, 0.1) is 11.8 Å². The number of ether oxygens (including phenoxy) is 1. The lowest BCUT2D eigenvalue weighted by molar-refractivity contribution is -0.121. The van der Waals surface area contributed by atoms with Gasteiger partial charge in [-0.2, -0.15) is 0 Å². The van der Waals surface area contributed by atoms with Gasteiger partial charge in [-0.1, -0.05) is 44.4 Å². The number of esters is 1. The minimum Gasteiger partial charge on any atom is -0.462 e. The number of aryl methyl sites for hydroxylation is 2. The van der Waals surface area contributed by atoms with E-state index in [1.54, 1.807) is 0 Å². The summed E-state index contributed by atoms with van der Waals surface area (Å²) in [5.41, 5.74) is 5.20. The van der Waals surface area contributed by atoms with Crippen LogP contribution in [0.4, 0.5) is 5.00 Å². The van der Waals surface area contributed by atoms with E-state index in [0.717, 1.165) is 55.6 Å². The largest absolute Gasteiger partial charge is 0.462 e. The highest BCUT2D eigenvalue weighted by atomic mass is 32.1. The van der Waals surface area contributed by atoms with Gasteiger partial charge in [0.1, 0.15) is 10.6 Å². The van der Waals surface area contributed by atoms with Crippen molar-refractivity contribution in [2.75, 3.05) is 11.9 Å². The van der Waals surface area contributed by atoms with Crippen molar-refractivity contribution in [2.45, 2.75) is 84.5 Å². The van der Waals surface area contributed by atoms with Crippen molar-refractivity contribution in [1.82, 2.24) is 0 Å². The predicted octanol–water partition coefficient (Wildman–Crippen LogP) is 7.41. The third-order valence-corrected chi connectivity index (χ3v) is 8.25. The first-order valence-electron chi connectivity index (χ1n) is 12.8. The van der Waals surface area contributed by atoms with Crippen LogP contribution in [0.3, 0.4) is 0 Å². The van der Waals surface area contributed by atoms with Crippen molar-refractivity contribution in [3.05, 3.63) is 40.3 Å². The van der Waals surface area contributed by atoms with Gasteiger partial charge in [0.15, 0.2) is 0 Å². The van der Waals surface area contributed by atoms with Gasteiger partial charge in [0, 0.05) is 16.9 Å². The highest BCUT2D eigenvalue weighted by Crippen LogP contribution is 2.39. The molecule has 0 bridgehead atoms. The Hall–Kier alpha value is -2.14. The van der Waals surface area contributed by atoms with Crippen LogP contribution >= 0.6 is 11.3 Å². The number of fused-ring (bicyclic) bond motifs is 1. The molecular formula is C28H37NO3S. The summed E-state index contributed by atoms with van der Waals surface area (Å²) in [7, 11) is 0. The molecule has 0 spiro atoms. The van der Waals surface area contributed by atoms with Crippen molar-refractivity contribution < 1.29 is 14.3 Å². The molecule has 1 heterocycles. The van der Waals surface area contributed by atoms with Crippen LogP contribution in [-0.2, 0) is 22.4 Å². The molecule has 0 atom stereocenters. The summed E-state index contributed by atoms with van der Waals surface area (Å²) in [6, 6.07) is 6.53. The number of anilines is 1. The number of benzene rings is 1. The summed E-state index contributed by atoms with van der Waals surface area (Å²) < 4.78 is 5.40. The number of carbonyl (C=O) groups is 2. The van der Waals surface area contributed by atoms with Crippen LogP contribution < -0.4 is 5.32 Å². The molecule has 1 N–H and O–H groups in total. The van der Waals surface area contributed by atoms with Gasteiger partial charge in [-0.15, -0.1) is 11.3 Å². The lowest BCUT2D eigenvalue weighted by atomic mass is 9.79. The minimum atomic E-state index is -0.356. The number of hydrogen-bond donors (Lipinski definition) is 1. The van der Waals surface area contributed by atoms with Crippen molar-refractivity contribution in [1.29, 1.82) is 0 Å². The van der Waals surface area contributed by atoms with Crippen LogP contribution in [0.5, 0.6) is 0 Å². The highest BCUT2D eigenvalue weighted by Gasteiger charge is 2.29. The normalized spacial score (nSPS) is 20.2. The lowest BCUT2D eigenvalue weighted by Crippen LogP contribution is -2.27. The van der Waals surface area contributed by atoms with Gasteiger partial charge >= 0.3 is 5.97 Å². The minimum absolute atomic E-state index is 0.0345. The molecule has 0 saturated heterocycles. The molecule has 4 nitrogen and oxygen atoms in total. The third kappa shape index (κ3) is 5.68. The standard InChI is InChI=1S/C28H37NO3S/c1-3-5-8-19-11-13-21(14-12-19)26(30)29-27-25(28(31)32-4-2)24(18-33-27)23-16-15-20-9-6-7-10-22(20)17-23/h15-19,21H,3-14H2,1-2H3,(H,29,30). The summed E-state index contributed by atoms with van der Waals surface area (Å²) in [4.78, 5) is 26.0. The Bertz CT molecular complexity index is 972. The van der Waals surface area contributed by atoms with E-state index < -0.39 is 0 Å². The molecule has 1 fully saturated rings. The highest BCUT2D eigenvalue weighted by molar-refractivity contribution is 7.15. The van der Waals surface area contributed by atoms with Crippen molar-refractivity contribution >= 4 is 28.2 Å². The molecule has 2 aliphatic rings. The molecule has 178 valence electrons. The van der Waals surface area contributed by atoms with E-state index in [0.29, 0.717) is 17.2 Å². The molecule has 2 aliphatic carbocycles. The maximum absolute atomic E-state index is 13.1. The van der Waals surface area contributed by atoms with Crippen molar-refractivity contribution in [2.24, 2.45) is 11.8 Å². The summed E-state index contributed by atoms with van der Waals surface area (Å²) in [6.45, 7) is 4.37. The first-order valence-corrected chi connectivity index (χ1v) is 13.7. The molecule has 1 aromatic carbocycles. The van der Waals surface area contributed by atoms with Crippen molar-refractivity contribution in [3.8, 4) is 11.1 Å². The fourth-order valence-corrected chi connectivity index (χ4v) is 6.35. The van der Waals surface area contributed by atoms with E-state index in [-0.39, 0.29) is 17.8 Å². The Morgan fingerprint density at radius 1 is 1.06 bits per heavy atom. The Morgan fingerprint density at radius 2 is 1.82 bits per heavy atom. The first-order chi connectivity index (χ1) is 16.1. The van der Waals surface area contributed by atoms with Crippen LogP contribution in [0.2, 0.25) is 0 Å². The van der Waals surface area contributed by atoms with Gasteiger partial charge in [0.05, 0.1) is 6.61 Å². The van der Waals surface area contributed by atoms with Crippen LogP contribution in [-0.4, -0.2) is 18.5 Å². The molecule has 2 aromatic rings. The molecule has 5 heteroatoms. The van der Waals surface area contributed by atoms with Crippen LogP contribution in [0.1, 0.15) is 93.1 Å². The van der Waals surface area contributed by atoms with Crippen LogP contribution in [0.15, 0.2) is 23.6 Å². The summed E-state index contributed by atoms with van der Waals surface area (Å²) in [6.07, 6.45) is 12.6. The number of nitrogens with one attached hydrogen (secondary N) is 1. The SMILES string of the molecule is CCCCC1CCC(C(=O)Nc2scc(-c3ccc4c(c3)CCCC4)c2C(=O)OCC)CC1. The van der Waals surface area contributed by atoms with E-state index >= 15 is 0 Å². The zero-order chi connectivity index (χ0) is 23.2. The number of unbranched alkanes of at least 4 members (excludes halogenated alkanes) is 1.